The fraction of sp³-hybridized carbons (Fsp3) is 0.538. The monoisotopic (exact) mass is 266 g/mol. The predicted octanol–water partition coefficient (Wildman–Crippen LogP) is 0.652. The molecule has 2 unspecified atom stereocenters. The van der Waals surface area contributed by atoms with Crippen molar-refractivity contribution in [2.45, 2.75) is 18.5 Å². The van der Waals surface area contributed by atoms with Crippen LogP contribution in [-0.4, -0.2) is 45.1 Å². The summed E-state index contributed by atoms with van der Waals surface area (Å²) >= 11 is 0. The van der Waals surface area contributed by atoms with Gasteiger partial charge in [-0.05, 0) is 25.1 Å². The van der Waals surface area contributed by atoms with Crippen molar-refractivity contribution in [3.63, 3.8) is 0 Å². The Labute approximate surface area is 108 Å². The molecule has 98 valence electrons. The molecule has 1 N–H and O–H groups in total. The van der Waals surface area contributed by atoms with Crippen LogP contribution in [-0.2, 0) is 9.84 Å². The molecule has 2 saturated heterocycles. The molecular formula is C13H18N2O2S. The van der Waals surface area contributed by atoms with Crippen LogP contribution in [0.3, 0.4) is 0 Å². The number of sulfone groups is 1. The molecule has 0 radical (unpaired) electrons. The Morgan fingerprint density at radius 3 is 2.72 bits per heavy atom. The molecule has 0 bridgehead atoms. The van der Waals surface area contributed by atoms with E-state index in [1.165, 1.54) is 0 Å². The summed E-state index contributed by atoms with van der Waals surface area (Å²) in [7, 11) is -2.89. The van der Waals surface area contributed by atoms with E-state index in [9.17, 15) is 8.42 Å². The molecule has 1 aromatic carbocycles. The zero-order chi connectivity index (χ0) is 12.6. The number of benzene rings is 1. The molecule has 0 saturated carbocycles. The highest BCUT2D eigenvalue weighted by atomic mass is 32.2. The average molecular weight is 266 g/mol. The molecule has 18 heavy (non-hydrogen) atoms. The van der Waals surface area contributed by atoms with Gasteiger partial charge in [0.25, 0.3) is 0 Å². The van der Waals surface area contributed by atoms with E-state index in [2.05, 4.69) is 22.3 Å². The Morgan fingerprint density at radius 2 is 1.94 bits per heavy atom. The lowest BCUT2D eigenvalue weighted by Crippen LogP contribution is -2.46. The number of para-hydroxylation sites is 1. The smallest absolute Gasteiger partial charge is 0.153 e. The van der Waals surface area contributed by atoms with Crippen molar-refractivity contribution in [2.75, 3.05) is 29.5 Å². The van der Waals surface area contributed by atoms with Gasteiger partial charge in [-0.15, -0.1) is 0 Å². The molecule has 2 atom stereocenters. The van der Waals surface area contributed by atoms with Gasteiger partial charge in [-0.2, -0.15) is 0 Å². The second-order valence-electron chi connectivity index (χ2n) is 5.09. The van der Waals surface area contributed by atoms with Gasteiger partial charge in [0.15, 0.2) is 9.84 Å². The minimum atomic E-state index is -2.89. The highest BCUT2D eigenvalue weighted by molar-refractivity contribution is 7.91. The van der Waals surface area contributed by atoms with Crippen LogP contribution < -0.4 is 10.2 Å². The first-order valence-electron chi connectivity index (χ1n) is 6.41. The average Bonchev–Trinajstić information content (AvgIpc) is 2.53. The molecule has 0 aromatic heterocycles. The second-order valence-corrected chi connectivity index (χ2v) is 7.24. The SMILES string of the molecule is O=S1(=O)CC2NCCCN(c3ccccc3)C2C1. The third-order valence-electron chi connectivity index (χ3n) is 3.79. The van der Waals surface area contributed by atoms with Gasteiger partial charge in [-0.25, -0.2) is 8.42 Å². The molecule has 5 heteroatoms. The van der Waals surface area contributed by atoms with Crippen LogP contribution in [0.1, 0.15) is 6.42 Å². The summed E-state index contributed by atoms with van der Waals surface area (Å²) in [5, 5.41) is 3.38. The number of fused-ring (bicyclic) bond motifs is 1. The Morgan fingerprint density at radius 1 is 1.17 bits per heavy atom. The minimum Gasteiger partial charge on any atom is -0.366 e. The largest absolute Gasteiger partial charge is 0.366 e. The molecular weight excluding hydrogens is 248 g/mol. The molecule has 2 aliphatic rings. The summed E-state index contributed by atoms with van der Waals surface area (Å²) in [6.45, 7) is 1.83. The van der Waals surface area contributed by atoms with Crippen molar-refractivity contribution < 1.29 is 8.42 Å². The standard InChI is InChI=1S/C13H18N2O2S/c16-18(17)9-12-13(10-18)15(8-4-7-14-12)11-5-2-1-3-6-11/h1-3,5-6,12-14H,4,7-10H2. The van der Waals surface area contributed by atoms with Crippen molar-refractivity contribution in [1.29, 1.82) is 0 Å². The number of nitrogens with zero attached hydrogens (tertiary/aromatic N) is 1. The summed E-state index contributed by atoms with van der Waals surface area (Å²) in [5.41, 5.74) is 1.13. The third-order valence-corrected chi connectivity index (χ3v) is 5.51. The number of anilines is 1. The first-order valence-corrected chi connectivity index (χ1v) is 8.23. The van der Waals surface area contributed by atoms with Crippen molar-refractivity contribution in [3.8, 4) is 0 Å². The van der Waals surface area contributed by atoms with Gasteiger partial charge >= 0.3 is 0 Å². The summed E-state index contributed by atoms with van der Waals surface area (Å²) < 4.78 is 23.6. The molecule has 2 aliphatic heterocycles. The van der Waals surface area contributed by atoms with Gasteiger partial charge in [-0.1, -0.05) is 18.2 Å². The van der Waals surface area contributed by atoms with Gasteiger partial charge in [0.05, 0.1) is 17.5 Å². The first kappa shape index (κ1) is 12.0. The van der Waals surface area contributed by atoms with Crippen LogP contribution in [0.5, 0.6) is 0 Å². The summed E-state index contributed by atoms with van der Waals surface area (Å²) in [4.78, 5) is 2.26. The topological polar surface area (TPSA) is 49.4 Å². The maximum atomic E-state index is 11.8. The molecule has 0 amide bonds. The van der Waals surface area contributed by atoms with E-state index in [1.54, 1.807) is 0 Å². The lowest BCUT2D eigenvalue weighted by molar-refractivity contribution is 0.524. The highest BCUT2D eigenvalue weighted by Gasteiger charge is 2.41. The minimum absolute atomic E-state index is 0.0812. The van der Waals surface area contributed by atoms with E-state index in [1.807, 2.05) is 18.2 Å². The van der Waals surface area contributed by atoms with Crippen LogP contribution in [0.2, 0.25) is 0 Å². The molecule has 2 heterocycles. The predicted molar refractivity (Wildman–Crippen MR) is 72.6 cm³/mol. The van der Waals surface area contributed by atoms with E-state index < -0.39 is 9.84 Å². The number of hydrogen-bond donors (Lipinski definition) is 1. The van der Waals surface area contributed by atoms with Crippen molar-refractivity contribution in [3.05, 3.63) is 30.3 Å². The van der Waals surface area contributed by atoms with Crippen LogP contribution in [0.4, 0.5) is 5.69 Å². The Bertz CT molecular complexity index is 515. The van der Waals surface area contributed by atoms with E-state index in [4.69, 9.17) is 0 Å². The van der Waals surface area contributed by atoms with Gasteiger partial charge in [0.2, 0.25) is 0 Å². The molecule has 3 rings (SSSR count). The number of hydrogen-bond acceptors (Lipinski definition) is 4. The fourth-order valence-corrected chi connectivity index (χ4v) is 4.93. The van der Waals surface area contributed by atoms with Crippen molar-refractivity contribution in [2.24, 2.45) is 0 Å². The summed E-state index contributed by atoms with van der Waals surface area (Å²) in [6.07, 6.45) is 1.06. The zero-order valence-electron chi connectivity index (χ0n) is 10.2. The lowest BCUT2D eigenvalue weighted by Gasteiger charge is -2.31. The highest BCUT2D eigenvalue weighted by Crippen LogP contribution is 2.26. The van der Waals surface area contributed by atoms with Gasteiger partial charge in [-0.3, -0.25) is 0 Å². The zero-order valence-corrected chi connectivity index (χ0v) is 11.1. The van der Waals surface area contributed by atoms with E-state index in [0.717, 1.165) is 25.2 Å². The van der Waals surface area contributed by atoms with E-state index in [0.29, 0.717) is 0 Å². The Kier molecular flexibility index (Phi) is 3.03. The number of rotatable bonds is 1. The molecule has 0 aliphatic carbocycles. The normalized spacial score (nSPS) is 30.8. The third kappa shape index (κ3) is 2.24. The van der Waals surface area contributed by atoms with Crippen LogP contribution in [0.15, 0.2) is 30.3 Å². The maximum Gasteiger partial charge on any atom is 0.153 e. The quantitative estimate of drug-likeness (QED) is 0.811. The van der Waals surface area contributed by atoms with Crippen molar-refractivity contribution in [1.82, 2.24) is 5.32 Å². The lowest BCUT2D eigenvalue weighted by atomic mass is 10.1. The van der Waals surface area contributed by atoms with E-state index >= 15 is 0 Å². The Hall–Kier alpha value is -1.07. The molecule has 0 spiro atoms. The molecule has 1 aromatic rings. The van der Waals surface area contributed by atoms with Gasteiger partial charge in [0.1, 0.15) is 0 Å². The first-order chi connectivity index (χ1) is 8.66. The second kappa shape index (κ2) is 4.55. The molecule has 4 nitrogen and oxygen atoms in total. The van der Waals surface area contributed by atoms with Crippen LogP contribution in [0, 0.1) is 0 Å². The van der Waals surface area contributed by atoms with E-state index in [-0.39, 0.29) is 23.6 Å². The number of nitrogens with one attached hydrogen (secondary N) is 1. The fourth-order valence-electron chi connectivity index (χ4n) is 2.97. The maximum absolute atomic E-state index is 11.8. The van der Waals surface area contributed by atoms with Gasteiger partial charge < -0.3 is 10.2 Å². The van der Waals surface area contributed by atoms with Crippen molar-refractivity contribution >= 4 is 15.5 Å². The van der Waals surface area contributed by atoms with Crippen LogP contribution in [0.25, 0.3) is 0 Å². The Balaban J connectivity index is 1.93. The van der Waals surface area contributed by atoms with Crippen LogP contribution >= 0.6 is 0 Å². The summed E-state index contributed by atoms with van der Waals surface area (Å²) in [6, 6.07) is 10.3. The molecule has 2 fully saturated rings. The van der Waals surface area contributed by atoms with Gasteiger partial charge in [0, 0.05) is 18.3 Å². The summed E-state index contributed by atoms with van der Waals surface area (Å²) in [5.74, 6) is 0.556.